The maximum absolute atomic E-state index is 9.72. The van der Waals surface area contributed by atoms with Crippen molar-refractivity contribution in [2.24, 2.45) is 0 Å². The predicted molar refractivity (Wildman–Crippen MR) is 28.9 cm³/mol. The van der Waals surface area contributed by atoms with Gasteiger partial charge < -0.3 is 19.7 Å². The molecule has 1 aliphatic heterocycles. The second-order valence-corrected chi connectivity index (χ2v) is 1.99. The van der Waals surface area contributed by atoms with Crippen molar-refractivity contribution in [1.82, 2.24) is 0 Å². The monoisotopic (exact) mass is 148 g/mol. The molecule has 5 heteroatoms. The van der Waals surface area contributed by atoms with Gasteiger partial charge in [-0.2, -0.15) is 0 Å². The molecule has 0 aliphatic carbocycles. The molecular formula is C5H8O5. The molecule has 1 aliphatic rings. The highest BCUT2D eigenvalue weighted by molar-refractivity contribution is 5.37. The van der Waals surface area contributed by atoms with Crippen LogP contribution in [0.25, 0.3) is 0 Å². The minimum absolute atomic E-state index is 0.000324. The first-order valence-electron chi connectivity index (χ1n) is 2.82. The highest BCUT2D eigenvalue weighted by Crippen LogP contribution is 2.13. The van der Waals surface area contributed by atoms with Crippen LogP contribution in [0.1, 0.15) is 0 Å². The van der Waals surface area contributed by atoms with E-state index >= 15 is 0 Å². The molecule has 0 saturated carbocycles. The Morgan fingerprint density at radius 3 is 2.70 bits per heavy atom. The zero-order valence-corrected chi connectivity index (χ0v) is 5.14. The van der Waals surface area contributed by atoms with Gasteiger partial charge in [0.1, 0.15) is 12.2 Å². The van der Waals surface area contributed by atoms with Gasteiger partial charge in [0.25, 0.3) is 6.47 Å². The van der Waals surface area contributed by atoms with Gasteiger partial charge in [-0.1, -0.05) is 0 Å². The average molecular weight is 148 g/mol. The van der Waals surface area contributed by atoms with Crippen LogP contribution in [-0.2, 0) is 14.3 Å². The van der Waals surface area contributed by atoms with E-state index in [1.807, 2.05) is 0 Å². The highest BCUT2D eigenvalue weighted by Gasteiger charge is 2.35. The Balaban J connectivity index is 2.40. The average Bonchev–Trinajstić information content (AvgIpc) is 2.20. The summed E-state index contributed by atoms with van der Waals surface area (Å²) in [5.74, 6) is 0. The SMILES string of the molecule is O=COC1OCC(O)C1O. The summed E-state index contributed by atoms with van der Waals surface area (Å²) in [7, 11) is 0. The molecule has 3 unspecified atom stereocenters. The summed E-state index contributed by atoms with van der Waals surface area (Å²) in [6.45, 7) is 0.172. The summed E-state index contributed by atoms with van der Waals surface area (Å²) < 4.78 is 8.94. The first kappa shape index (κ1) is 7.46. The Hall–Kier alpha value is -0.650. The number of ether oxygens (including phenoxy) is 2. The van der Waals surface area contributed by atoms with E-state index in [1.54, 1.807) is 0 Å². The molecule has 5 nitrogen and oxygen atoms in total. The van der Waals surface area contributed by atoms with Crippen LogP contribution in [0.4, 0.5) is 0 Å². The van der Waals surface area contributed by atoms with Gasteiger partial charge >= 0.3 is 0 Å². The first-order chi connectivity index (χ1) is 4.75. The molecule has 0 aromatic carbocycles. The number of aliphatic hydroxyl groups excluding tert-OH is 2. The van der Waals surface area contributed by atoms with Crippen LogP contribution in [-0.4, -0.2) is 41.8 Å². The molecule has 0 aromatic heterocycles. The van der Waals surface area contributed by atoms with Gasteiger partial charge in [-0.25, -0.2) is 0 Å². The van der Waals surface area contributed by atoms with E-state index in [2.05, 4.69) is 9.47 Å². The molecule has 3 atom stereocenters. The third-order valence-corrected chi connectivity index (χ3v) is 1.29. The van der Waals surface area contributed by atoms with Crippen molar-refractivity contribution in [2.45, 2.75) is 18.5 Å². The summed E-state index contributed by atoms with van der Waals surface area (Å²) in [6, 6.07) is 0. The zero-order valence-electron chi connectivity index (χ0n) is 5.14. The van der Waals surface area contributed by atoms with Crippen molar-refractivity contribution in [3.8, 4) is 0 Å². The van der Waals surface area contributed by atoms with E-state index in [9.17, 15) is 4.79 Å². The Bertz CT molecular complexity index is 125. The molecule has 1 saturated heterocycles. The van der Waals surface area contributed by atoms with Gasteiger partial charge in [-0.15, -0.1) is 0 Å². The minimum atomic E-state index is -1.12. The van der Waals surface area contributed by atoms with Crippen LogP contribution < -0.4 is 0 Å². The fraction of sp³-hybridized carbons (Fsp3) is 0.800. The lowest BCUT2D eigenvalue weighted by molar-refractivity contribution is -0.168. The van der Waals surface area contributed by atoms with E-state index in [0.717, 1.165) is 0 Å². The van der Waals surface area contributed by atoms with E-state index in [1.165, 1.54) is 0 Å². The molecule has 0 spiro atoms. The Morgan fingerprint density at radius 1 is 1.60 bits per heavy atom. The Labute approximate surface area is 57.2 Å². The van der Waals surface area contributed by atoms with Crippen molar-refractivity contribution in [2.75, 3.05) is 6.61 Å². The molecule has 0 aromatic rings. The third-order valence-electron chi connectivity index (χ3n) is 1.29. The summed E-state index contributed by atoms with van der Waals surface area (Å²) in [6.07, 6.45) is -3.08. The molecule has 1 rings (SSSR count). The standard InChI is InChI=1S/C5H8O5/c6-2-10-5-4(8)3(7)1-9-5/h2-5,7-8H,1H2. The minimum Gasteiger partial charge on any atom is -0.435 e. The van der Waals surface area contributed by atoms with E-state index < -0.39 is 18.5 Å². The summed E-state index contributed by atoms with van der Waals surface area (Å²) in [4.78, 5) is 9.72. The molecule has 1 fully saturated rings. The summed E-state index contributed by atoms with van der Waals surface area (Å²) >= 11 is 0. The smallest absolute Gasteiger partial charge is 0.295 e. The van der Waals surface area contributed by atoms with Gasteiger partial charge in [0.2, 0.25) is 6.29 Å². The lowest BCUT2D eigenvalue weighted by atomic mass is 10.2. The van der Waals surface area contributed by atoms with Gasteiger partial charge in [0, 0.05) is 0 Å². The highest BCUT2D eigenvalue weighted by atomic mass is 16.7. The largest absolute Gasteiger partial charge is 0.435 e. The fourth-order valence-electron chi connectivity index (χ4n) is 0.747. The van der Waals surface area contributed by atoms with Crippen molar-refractivity contribution >= 4 is 6.47 Å². The van der Waals surface area contributed by atoms with Crippen LogP contribution in [0, 0.1) is 0 Å². The molecule has 1 heterocycles. The third kappa shape index (κ3) is 1.26. The maximum Gasteiger partial charge on any atom is 0.295 e. The number of aliphatic hydroxyl groups is 2. The van der Waals surface area contributed by atoms with Crippen LogP contribution in [0.5, 0.6) is 0 Å². The lowest BCUT2D eigenvalue weighted by Gasteiger charge is -2.11. The topological polar surface area (TPSA) is 76.0 Å². The molecule has 10 heavy (non-hydrogen) atoms. The maximum atomic E-state index is 9.72. The van der Waals surface area contributed by atoms with Crippen molar-refractivity contribution < 1.29 is 24.5 Å². The summed E-state index contributed by atoms with van der Waals surface area (Å²) in [5.41, 5.74) is 0. The van der Waals surface area contributed by atoms with Crippen molar-refractivity contribution in [3.63, 3.8) is 0 Å². The van der Waals surface area contributed by atoms with Crippen molar-refractivity contribution in [1.29, 1.82) is 0 Å². The number of rotatable bonds is 2. The normalized spacial score (nSPS) is 39.6. The molecule has 0 radical (unpaired) electrons. The van der Waals surface area contributed by atoms with Gasteiger partial charge in [-0.05, 0) is 0 Å². The Morgan fingerprint density at radius 2 is 2.30 bits per heavy atom. The zero-order chi connectivity index (χ0) is 7.56. The molecular weight excluding hydrogens is 140 g/mol. The first-order valence-corrected chi connectivity index (χ1v) is 2.82. The van der Waals surface area contributed by atoms with Crippen LogP contribution >= 0.6 is 0 Å². The van der Waals surface area contributed by atoms with Crippen molar-refractivity contribution in [3.05, 3.63) is 0 Å². The Kier molecular flexibility index (Phi) is 2.21. The van der Waals surface area contributed by atoms with Gasteiger partial charge in [0.15, 0.2) is 0 Å². The molecule has 58 valence electrons. The van der Waals surface area contributed by atoms with Gasteiger partial charge in [-0.3, -0.25) is 4.79 Å². The van der Waals surface area contributed by atoms with E-state index in [0.29, 0.717) is 0 Å². The van der Waals surface area contributed by atoms with Gasteiger partial charge in [0.05, 0.1) is 6.61 Å². The summed E-state index contributed by atoms with van der Waals surface area (Å²) in [5, 5.41) is 17.8. The van der Waals surface area contributed by atoms with E-state index in [-0.39, 0.29) is 13.1 Å². The number of hydrogen-bond acceptors (Lipinski definition) is 5. The molecule has 0 amide bonds. The quantitative estimate of drug-likeness (QED) is 0.453. The van der Waals surface area contributed by atoms with Crippen LogP contribution in [0.3, 0.4) is 0 Å². The number of hydrogen-bond donors (Lipinski definition) is 2. The number of carbonyl (C=O) groups is 1. The molecule has 2 N–H and O–H groups in total. The number of carbonyl (C=O) groups excluding carboxylic acids is 1. The van der Waals surface area contributed by atoms with Crippen LogP contribution in [0.15, 0.2) is 0 Å². The predicted octanol–water partition coefficient (Wildman–Crippen LogP) is -1.76. The lowest BCUT2D eigenvalue weighted by Crippen LogP contribution is -2.31. The fourth-order valence-corrected chi connectivity index (χ4v) is 0.747. The van der Waals surface area contributed by atoms with Crippen LogP contribution in [0.2, 0.25) is 0 Å². The second kappa shape index (κ2) is 2.96. The second-order valence-electron chi connectivity index (χ2n) is 1.99. The van der Waals surface area contributed by atoms with E-state index in [4.69, 9.17) is 10.2 Å². The molecule has 0 bridgehead atoms.